The molecule has 0 aliphatic carbocycles. The highest BCUT2D eigenvalue weighted by Crippen LogP contribution is 2.19. The van der Waals surface area contributed by atoms with Gasteiger partial charge in [0.1, 0.15) is 6.33 Å². The highest BCUT2D eigenvalue weighted by Gasteiger charge is 2.33. The van der Waals surface area contributed by atoms with Crippen molar-refractivity contribution in [1.29, 1.82) is 0 Å². The van der Waals surface area contributed by atoms with E-state index in [1.807, 2.05) is 12.3 Å². The molecule has 2 aliphatic rings. The van der Waals surface area contributed by atoms with Gasteiger partial charge in [-0.2, -0.15) is 0 Å². The largest absolute Gasteiger partial charge is 0.298 e. The second-order valence-corrected chi connectivity index (χ2v) is 6.21. The minimum absolute atomic E-state index is 0.688. The lowest BCUT2D eigenvalue weighted by Crippen LogP contribution is -2.63. The molecule has 2 fully saturated rings. The van der Waals surface area contributed by atoms with Crippen LogP contribution in [0.25, 0.3) is 0 Å². The van der Waals surface area contributed by atoms with Gasteiger partial charge >= 0.3 is 0 Å². The Morgan fingerprint density at radius 2 is 1.95 bits per heavy atom. The van der Waals surface area contributed by atoms with Gasteiger partial charge in [0.2, 0.25) is 0 Å². The molecule has 1 aromatic heterocycles. The number of likely N-dealkylation sites (tertiary alicyclic amines) is 1. The van der Waals surface area contributed by atoms with Gasteiger partial charge in [0.15, 0.2) is 0 Å². The van der Waals surface area contributed by atoms with E-state index in [2.05, 4.69) is 38.5 Å². The predicted molar refractivity (Wildman–Crippen MR) is 79.4 cm³/mol. The predicted octanol–water partition coefficient (Wildman–Crippen LogP) is 0.687. The first-order valence-corrected chi connectivity index (χ1v) is 7.67. The Labute approximate surface area is 121 Å². The Morgan fingerprint density at radius 1 is 1.20 bits per heavy atom. The topological polar surface area (TPSA) is 35.5 Å². The molecule has 0 saturated carbocycles. The summed E-state index contributed by atoms with van der Waals surface area (Å²) in [5, 5.41) is 0. The van der Waals surface area contributed by atoms with E-state index in [4.69, 9.17) is 0 Å². The highest BCUT2D eigenvalue weighted by molar-refractivity contribution is 5.00. The number of aromatic nitrogens is 2. The zero-order valence-electron chi connectivity index (χ0n) is 12.6. The zero-order chi connectivity index (χ0) is 13.9. The molecule has 2 aliphatic heterocycles. The normalized spacial score (nSPS) is 23.1. The fraction of sp³-hybridized carbons (Fsp3) is 0.733. The van der Waals surface area contributed by atoms with Crippen molar-refractivity contribution in [2.45, 2.75) is 32.5 Å². The van der Waals surface area contributed by atoms with E-state index >= 15 is 0 Å². The van der Waals surface area contributed by atoms with Crippen LogP contribution in [0.3, 0.4) is 0 Å². The second-order valence-electron chi connectivity index (χ2n) is 6.21. The zero-order valence-corrected chi connectivity index (χ0v) is 12.6. The molecule has 0 N–H and O–H groups in total. The van der Waals surface area contributed by atoms with Crippen LogP contribution in [0.4, 0.5) is 0 Å². The van der Waals surface area contributed by atoms with Gasteiger partial charge < -0.3 is 0 Å². The highest BCUT2D eigenvalue weighted by atomic mass is 15.4. The maximum absolute atomic E-state index is 4.29. The van der Waals surface area contributed by atoms with Gasteiger partial charge in [-0.25, -0.2) is 9.97 Å². The standard InChI is InChI=1S/C15H25N5/c1-13(2)19-5-7-20(8-6-19)15-10-18(11-15)9-14-3-4-16-12-17-14/h3-4,12-13,15H,5-11H2,1-2H3. The van der Waals surface area contributed by atoms with Crippen molar-refractivity contribution in [3.63, 3.8) is 0 Å². The van der Waals surface area contributed by atoms with Gasteiger partial charge in [-0.15, -0.1) is 0 Å². The van der Waals surface area contributed by atoms with Crippen molar-refractivity contribution in [1.82, 2.24) is 24.7 Å². The molecular formula is C15H25N5. The van der Waals surface area contributed by atoms with Crippen LogP contribution in [0.1, 0.15) is 19.5 Å². The first-order chi connectivity index (χ1) is 9.72. The van der Waals surface area contributed by atoms with Gasteiger partial charge in [0.05, 0.1) is 5.69 Å². The summed E-state index contributed by atoms with van der Waals surface area (Å²) in [5.41, 5.74) is 1.13. The van der Waals surface area contributed by atoms with E-state index in [0.29, 0.717) is 6.04 Å². The minimum Gasteiger partial charge on any atom is -0.298 e. The monoisotopic (exact) mass is 275 g/mol. The molecule has 0 aromatic carbocycles. The molecular weight excluding hydrogens is 250 g/mol. The summed E-state index contributed by atoms with van der Waals surface area (Å²) in [5.74, 6) is 0. The smallest absolute Gasteiger partial charge is 0.115 e. The molecule has 2 saturated heterocycles. The van der Waals surface area contributed by atoms with Crippen LogP contribution in [0, 0.1) is 0 Å². The quantitative estimate of drug-likeness (QED) is 0.808. The molecule has 0 radical (unpaired) electrons. The van der Waals surface area contributed by atoms with Crippen LogP contribution < -0.4 is 0 Å². The maximum atomic E-state index is 4.29. The van der Waals surface area contributed by atoms with Crippen LogP contribution in [-0.4, -0.2) is 76.0 Å². The van der Waals surface area contributed by atoms with Crippen molar-refractivity contribution >= 4 is 0 Å². The van der Waals surface area contributed by atoms with Crippen molar-refractivity contribution in [3.05, 3.63) is 24.3 Å². The second kappa shape index (κ2) is 6.16. The van der Waals surface area contributed by atoms with Gasteiger partial charge in [-0.05, 0) is 19.9 Å². The molecule has 3 rings (SSSR count). The average molecular weight is 275 g/mol. The molecule has 20 heavy (non-hydrogen) atoms. The number of hydrogen-bond donors (Lipinski definition) is 0. The Hall–Kier alpha value is -1.04. The van der Waals surface area contributed by atoms with E-state index in [9.17, 15) is 0 Å². The van der Waals surface area contributed by atoms with E-state index in [1.165, 1.54) is 39.3 Å². The Bertz CT molecular complexity index is 408. The summed E-state index contributed by atoms with van der Waals surface area (Å²) in [4.78, 5) is 16.0. The van der Waals surface area contributed by atoms with Crippen molar-refractivity contribution in [2.24, 2.45) is 0 Å². The van der Waals surface area contributed by atoms with Crippen molar-refractivity contribution < 1.29 is 0 Å². The molecule has 0 atom stereocenters. The summed E-state index contributed by atoms with van der Waals surface area (Å²) in [6, 6.07) is 3.45. The lowest BCUT2D eigenvalue weighted by molar-refractivity contribution is -0.00462. The van der Waals surface area contributed by atoms with Gasteiger partial charge in [0.25, 0.3) is 0 Å². The maximum Gasteiger partial charge on any atom is 0.115 e. The fourth-order valence-electron chi connectivity index (χ4n) is 3.16. The lowest BCUT2D eigenvalue weighted by Gasteiger charge is -2.48. The third-order valence-electron chi connectivity index (χ3n) is 4.56. The molecule has 0 bridgehead atoms. The molecule has 5 nitrogen and oxygen atoms in total. The molecule has 110 valence electrons. The number of piperazine rings is 1. The third kappa shape index (κ3) is 3.16. The van der Waals surface area contributed by atoms with Gasteiger partial charge in [-0.1, -0.05) is 0 Å². The van der Waals surface area contributed by atoms with Crippen LogP contribution in [0.2, 0.25) is 0 Å². The summed E-state index contributed by atoms with van der Waals surface area (Å²) >= 11 is 0. The fourth-order valence-corrected chi connectivity index (χ4v) is 3.16. The number of rotatable bonds is 4. The first kappa shape index (κ1) is 13.9. The molecule has 0 amide bonds. The Morgan fingerprint density at radius 3 is 2.55 bits per heavy atom. The summed E-state index contributed by atoms with van der Waals surface area (Å²) in [6.07, 6.45) is 3.46. The molecule has 1 aromatic rings. The molecule has 5 heteroatoms. The van der Waals surface area contributed by atoms with E-state index in [-0.39, 0.29) is 0 Å². The van der Waals surface area contributed by atoms with Crippen molar-refractivity contribution in [2.75, 3.05) is 39.3 Å². The Balaban J connectivity index is 1.40. The van der Waals surface area contributed by atoms with Gasteiger partial charge in [0, 0.05) is 64.1 Å². The summed E-state index contributed by atoms with van der Waals surface area (Å²) in [6.45, 7) is 12.8. The summed E-state index contributed by atoms with van der Waals surface area (Å²) < 4.78 is 0. The average Bonchev–Trinajstić information content (AvgIpc) is 2.44. The van der Waals surface area contributed by atoms with Crippen LogP contribution in [0.15, 0.2) is 18.6 Å². The van der Waals surface area contributed by atoms with Crippen LogP contribution in [-0.2, 0) is 6.54 Å². The SMILES string of the molecule is CC(C)N1CCN(C2CN(Cc3ccncn3)C2)CC1. The molecule has 3 heterocycles. The molecule has 0 unspecified atom stereocenters. The molecule has 0 spiro atoms. The van der Waals surface area contributed by atoms with E-state index in [1.54, 1.807) is 6.33 Å². The van der Waals surface area contributed by atoms with Gasteiger partial charge in [-0.3, -0.25) is 14.7 Å². The summed E-state index contributed by atoms with van der Waals surface area (Å²) in [7, 11) is 0. The van der Waals surface area contributed by atoms with Crippen LogP contribution in [0.5, 0.6) is 0 Å². The third-order valence-corrected chi connectivity index (χ3v) is 4.56. The van der Waals surface area contributed by atoms with Crippen LogP contribution >= 0.6 is 0 Å². The number of hydrogen-bond acceptors (Lipinski definition) is 5. The van der Waals surface area contributed by atoms with E-state index in [0.717, 1.165) is 18.3 Å². The Kier molecular flexibility index (Phi) is 4.29. The van der Waals surface area contributed by atoms with Crippen molar-refractivity contribution in [3.8, 4) is 0 Å². The lowest BCUT2D eigenvalue weighted by atomic mass is 10.1. The number of nitrogens with zero attached hydrogens (tertiary/aromatic N) is 5. The minimum atomic E-state index is 0.688. The van der Waals surface area contributed by atoms with E-state index < -0.39 is 0 Å². The first-order valence-electron chi connectivity index (χ1n) is 7.67.